The fraction of sp³-hybridized carbons (Fsp3) is 0.562. The van der Waals surface area contributed by atoms with Crippen LogP contribution in [0.15, 0.2) is 53.0 Å². The molecule has 0 spiro atoms. The van der Waals surface area contributed by atoms with E-state index in [0.29, 0.717) is 24.9 Å². The number of halogens is 1. The second-order valence-corrected chi connectivity index (χ2v) is 13.8. The minimum atomic E-state index is -0.818. The van der Waals surface area contributed by atoms with E-state index < -0.39 is 12.2 Å². The van der Waals surface area contributed by atoms with Crippen LogP contribution in [0.2, 0.25) is 0 Å². The minimum Gasteiger partial charge on any atom is -0.465 e. The zero-order valence-electron chi connectivity index (χ0n) is 25.5. The Labute approximate surface area is 258 Å². The molecule has 0 radical (unpaired) electrons. The Morgan fingerprint density at radius 1 is 0.762 bits per heavy atom. The van der Waals surface area contributed by atoms with Crippen molar-refractivity contribution in [2.75, 3.05) is 13.1 Å². The highest BCUT2D eigenvalue weighted by molar-refractivity contribution is 9.10. The Bertz CT molecular complexity index is 1220. The van der Waals surface area contributed by atoms with Crippen LogP contribution in [0.3, 0.4) is 0 Å². The van der Waals surface area contributed by atoms with Gasteiger partial charge in [-0.05, 0) is 108 Å². The highest BCUT2D eigenvalue weighted by Gasteiger charge is 2.51. The number of amides is 2. The minimum absolute atomic E-state index is 0.0547. The quantitative estimate of drug-likeness (QED) is 0.352. The first kappa shape index (κ1) is 32.4. The fourth-order valence-corrected chi connectivity index (χ4v) is 6.42. The fourth-order valence-electron chi connectivity index (χ4n) is 6.16. The van der Waals surface area contributed by atoms with Crippen LogP contribution >= 0.6 is 15.9 Å². The lowest BCUT2D eigenvalue weighted by Gasteiger charge is -2.36. The lowest BCUT2D eigenvalue weighted by Crippen LogP contribution is -2.43. The van der Waals surface area contributed by atoms with Crippen LogP contribution in [0.5, 0.6) is 0 Å². The first-order chi connectivity index (χ1) is 19.7. The molecule has 228 valence electrons. The largest absolute Gasteiger partial charge is 0.494 e. The predicted molar refractivity (Wildman–Crippen MR) is 169 cm³/mol. The molecule has 2 N–H and O–H groups in total. The standard InChI is InChI=1S/C19H28BNO4.C13H16BrNO2/c1-13-12-15(10-11-21(13)17(22)23)14-6-8-16(9-7-14)20-24-18(2,3)19(4,5)25-20;1-9-8-11(6-7-15(9)13(16)17)10-2-4-12(14)5-3-10/h6-9,13,15H,10-12H2,1-5H3,(H,22,23);2-5,9,11H,6-8H2,1H3,(H,16,17). The lowest BCUT2D eigenvalue weighted by atomic mass is 9.77. The molecule has 3 saturated heterocycles. The number of rotatable bonds is 3. The molecule has 3 heterocycles. The van der Waals surface area contributed by atoms with E-state index in [0.717, 1.165) is 35.6 Å². The average Bonchev–Trinajstić information content (AvgIpc) is 3.15. The summed E-state index contributed by atoms with van der Waals surface area (Å²) in [5.41, 5.74) is 2.92. The molecule has 3 aliphatic heterocycles. The van der Waals surface area contributed by atoms with Gasteiger partial charge in [0.25, 0.3) is 0 Å². The summed E-state index contributed by atoms with van der Waals surface area (Å²) in [7, 11) is -0.341. The maximum atomic E-state index is 11.2. The smallest absolute Gasteiger partial charge is 0.465 e. The number of carboxylic acid groups (broad SMARTS) is 2. The molecule has 2 amide bonds. The molecule has 0 saturated carbocycles. The van der Waals surface area contributed by atoms with Crippen LogP contribution in [0.1, 0.15) is 90.2 Å². The molecule has 2 aromatic carbocycles. The molecule has 3 aliphatic rings. The molecule has 0 aliphatic carbocycles. The number of benzene rings is 2. The average molecular weight is 643 g/mol. The van der Waals surface area contributed by atoms with Gasteiger partial charge in [0, 0.05) is 29.6 Å². The zero-order valence-corrected chi connectivity index (χ0v) is 27.1. The highest BCUT2D eigenvalue weighted by atomic mass is 79.9. The van der Waals surface area contributed by atoms with Crippen molar-refractivity contribution in [2.45, 2.75) is 102 Å². The van der Waals surface area contributed by atoms with E-state index in [9.17, 15) is 14.7 Å². The third kappa shape index (κ3) is 7.32. The van der Waals surface area contributed by atoms with Gasteiger partial charge in [-0.2, -0.15) is 0 Å². The van der Waals surface area contributed by atoms with Crippen molar-refractivity contribution in [3.8, 4) is 0 Å². The second kappa shape index (κ2) is 13.0. The molecule has 8 nitrogen and oxygen atoms in total. The third-order valence-electron chi connectivity index (χ3n) is 9.52. The number of hydrogen-bond acceptors (Lipinski definition) is 4. The van der Waals surface area contributed by atoms with Crippen LogP contribution < -0.4 is 5.46 Å². The molecule has 0 bridgehead atoms. The molecule has 0 aromatic heterocycles. The van der Waals surface area contributed by atoms with Crippen molar-refractivity contribution in [3.05, 3.63) is 64.1 Å². The number of piperidine rings is 2. The monoisotopic (exact) mass is 642 g/mol. The molecular weight excluding hydrogens is 599 g/mol. The van der Waals surface area contributed by atoms with Crippen LogP contribution in [-0.4, -0.2) is 75.7 Å². The van der Waals surface area contributed by atoms with E-state index >= 15 is 0 Å². The molecular formula is C32H44BBrN2O6. The highest BCUT2D eigenvalue weighted by Crippen LogP contribution is 2.37. The van der Waals surface area contributed by atoms with Gasteiger partial charge in [-0.25, -0.2) is 9.59 Å². The van der Waals surface area contributed by atoms with Crippen molar-refractivity contribution in [3.63, 3.8) is 0 Å². The van der Waals surface area contributed by atoms with Crippen molar-refractivity contribution in [1.82, 2.24) is 9.80 Å². The van der Waals surface area contributed by atoms with Crippen LogP contribution in [0, 0.1) is 0 Å². The van der Waals surface area contributed by atoms with Gasteiger partial charge < -0.3 is 29.3 Å². The van der Waals surface area contributed by atoms with Crippen LogP contribution in [-0.2, 0) is 9.31 Å². The van der Waals surface area contributed by atoms with E-state index in [1.165, 1.54) is 20.9 Å². The summed E-state index contributed by atoms with van der Waals surface area (Å²) < 4.78 is 13.3. The SMILES string of the molecule is CC1CC(c2ccc(B3OC(C)(C)C(C)(C)O3)cc2)CCN1C(=O)O.CC1CC(c2ccc(Br)cc2)CCN1C(=O)O. The van der Waals surface area contributed by atoms with Gasteiger partial charge in [-0.3, -0.25) is 0 Å². The summed E-state index contributed by atoms with van der Waals surface area (Å²) in [6.45, 7) is 13.4. The molecule has 2 aromatic rings. The van der Waals surface area contributed by atoms with Crippen molar-refractivity contribution >= 4 is 40.7 Å². The Hall–Kier alpha value is -2.56. The molecule has 5 rings (SSSR count). The number of nitrogens with zero attached hydrogens (tertiary/aromatic N) is 2. The summed E-state index contributed by atoms with van der Waals surface area (Å²) >= 11 is 3.42. The van der Waals surface area contributed by atoms with Gasteiger partial charge in [0.15, 0.2) is 0 Å². The van der Waals surface area contributed by atoms with E-state index in [1.54, 1.807) is 0 Å². The maximum absolute atomic E-state index is 11.2. The maximum Gasteiger partial charge on any atom is 0.494 e. The third-order valence-corrected chi connectivity index (χ3v) is 10.0. The van der Waals surface area contributed by atoms with Gasteiger partial charge in [0.2, 0.25) is 0 Å². The number of hydrogen-bond donors (Lipinski definition) is 2. The summed E-state index contributed by atoms with van der Waals surface area (Å²) in [6, 6.07) is 16.9. The van der Waals surface area contributed by atoms with E-state index in [2.05, 4.69) is 80.0 Å². The summed E-state index contributed by atoms with van der Waals surface area (Å²) in [5, 5.41) is 18.2. The van der Waals surface area contributed by atoms with Crippen molar-refractivity contribution < 1.29 is 29.1 Å². The van der Waals surface area contributed by atoms with Gasteiger partial charge in [0.05, 0.1) is 11.2 Å². The topological polar surface area (TPSA) is 99.5 Å². The summed E-state index contributed by atoms with van der Waals surface area (Å²) in [4.78, 5) is 25.2. The van der Waals surface area contributed by atoms with E-state index in [1.807, 2.05) is 26.0 Å². The van der Waals surface area contributed by atoms with E-state index in [4.69, 9.17) is 14.4 Å². The Morgan fingerprint density at radius 3 is 1.50 bits per heavy atom. The first-order valence-corrected chi connectivity index (χ1v) is 15.7. The van der Waals surface area contributed by atoms with E-state index in [-0.39, 0.29) is 30.4 Å². The Kier molecular flexibility index (Phi) is 10.0. The van der Waals surface area contributed by atoms with Crippen LogP contribution in [0.25, 0.3) is 0 Å². The summed E-state index contributed by atoms with van der Waals surface area (Å²) in [5.74, 6) is 0.881. The number of carbonyl (C=O) groups is 2. The second-order valence-electron chi connectivity index (χ2n) is 12.9. The van der Waals surface area contributed by atoms with Crippen LogP contribution in [0.4, 0.5) is 9.59 Å². The van der Waals surface area contributed by atoms with Gasteiger partial charge in [-0.1, -0.05) is 52.3 Å². The van der Waals surface area contributed by atoms with Gasteiger partial charge >= 0.3 is 19.3 Å². The predicted octanol–water partition coefficient (Wildman–Crippen LogP) is 6.93. The molecule has 10 heteroatoms. The molecule has 4 atom stereocenters. The molecule has 3 fully saturated rings. The molecule has 42 heavy (non-hydrogen) atoms. The Balaban J connectivity index is 0.000000208. The zero-order chi connectivity index (χ0) is 30.8. The first-order valence-electron chi connectivity index (χ1n) is 14.9. The Morgan fingerprint density at radius 2 is 1.14 bits per heavy atom. The normalized spacial score (nSPS) is 26.8. The summed E-state index contributed by atoms with van der Waals surface area (Å²) in [6.07, 6.45) is 1.94. The van der Waals surface area contributed by atoms with Gasteiger partial charge in [0.1, 0.15) is 0 Å². The molecule has 4 unspecified atom stereocenters. The number of likely N-dealkylation sites (tertiary alicyclic amines) is 2. The van der Waals surface area contributed by atoms with Crippen molar-refractivity contribution in [1.29, 1.82) is 0 Å². The van der Waals surface area contributed by atoms with Crippen molar-refractivity contribution in [2.24, 2.45) is 0 Å². The van der Waals surface area contributed by atoms with Gasteiger partial charge in [-0.15, -0.1) is 0 Å². The lowest BCUT2D eigenvalue weighted by molar-refractivity contribution is 0.00578.